The van der Waals surface area contributed by atoms with Gasteiger partial charge in [0.15, 0.2) is 0 Å². The van der Waals surface area contributed by atoms with E-state index >= 15 is 0 Å². The first-order valence-electron chi connectivity index (χ1n) is 18.6. The molecule has 2 amide bonds. The first kappa shape index (κ1) is 39.9. The van der Waals surface area contributed by atoms with Gasteiger partial charge in [-0.2, -0.15) is 0 Å². The summed E-state index contributed by atoms with van der Waals surface area (Å²) in [5.41, 5.74) is 11.4. The third-order valence-electron chi connectivity index (χ3n) is 9.22. The highest BCUT2D eigenvalue weighted by Crippen LogP contribution is 2.21. The summed E-state index contributed by atoms with van der Waals surface area (Å²) >= 11 is 0. The summed E-state index contributed by atoms with van der Waals surface area (Å²) in [4.78, 5) is 23.8. The van der Waals surface area contributed by atoms with Crippen LogP contribution in [-0.2, 0) is 9.59 Å². The molecule has 2 atom stereocenters. The summed E-state index contributed by atoms with van der Waals surface area (Å²) in [5, 5.41) is 0. The Labute approximate surface area is 257 Å². The van der Waals surface area contributed by atoms with Gasteiger partial charge < -0.3 is 11.5 Å². The van der Waals surface area contributed by atoms with Crippen LogP contribution in [0.3, 0.4) is 0 Å². The molecule has 0 aliphatic carbocycles. The molecule has 0 aromatic rings. The number of carbonyl (C=O) groups is 2. The SMILES string of the molecule is CCCCCCCCCCCCC(CCCCCCCCCC(CCCCCCCCCCCC)C(N)=O)C(N)=O. The topological polar surface area (TPSA) is 86.2 Å². The van der Waals surface area contributed by atoms with Gasteiger partial charge in [0.25, 0.3) is 0 Å². The molecule has 0 aromatic heterocycles. The van der Waals surface area contributed by atoms with Crippen molar-refractivity contribution in [2.24, 2.45) is 23.3 Å². The molecule has 0 rings (SSSR count). The quantitative estimate of drug-likeness (QED) is 0.0744. The summed E-state index contributed by atoms with van der Waals surface area (Å²) in [6, 6.07) is 0. The average Bonchev–Trinajstić information content (AvgIpc) is 2.95. The number of hydrogen-bond acceptors (Lipinski definition) is 2. The molecule has 0 aliphatic rings. The second-order valence-electron chi connectivity index (χ2n) is 13.2. The smallest absolute Gasteiger partial charge is 0.220 e. The Balaban J connectivity index is 3.66. The molecule has 0 aromatic carbocycles. The van der Waals surface area contributed by atoms with Crippen molar-refractivity contribution < 1.29 is 9.59 Å². The van der Waals surface area contributed by atoms with E-state index in [0.717, 1.165) is 51.4 Å². The average molecular weight is 579 g/mol. The van der Waals surface area contributed by atoms with Crippen molar-refractivity contribution in [3.8, 4) is 0 Å². The van der Waals surface area contributed by atoms with Crippen LogP contribution < -0.4 is 11.5 Å². The number of unbranched alkanes of at least 4 members (excludes halogenated alkanes) is 24. The van der Waals surface area contributed by atoms with Gasteiger partial charge in [0, 0.05) is 11.8 Å². The molecule has 4 heteroatoms. The molecule has 0 aliphatic heterocycles. The number of nitrogens with two attached hydrogens (primary N) is 2. The third kappa shape index (κ3) is 28.8. The molecule has 0 bridgehead atoms. The molecule has 0 saturated carbocycles. The monoisotopic (exact) mass is 579 g/mol. The summed E-state index contributed by atoms with van der Waals surface area (Å²) in [7, 11) is 0. The largest absolute Gasteiger partial charge is 0.369 e. The van der Waals surface area contributed by atoms with Gasteiger partial charge in [-0.05, 0) is 25.7 Å². The van der Waals surface area contributed by atoms with E-state index in [9.17, 15) is 9.59 Å². The van der Waals surface area contributed by atoms with E-state index in [0.29, 0.717) is 0 Å². The maximum absolute atomic E-state index is 11.9. The van der Waals surface area contributed by atoms with Crippen LogP contribution in [0.5, 0.6) is 0 Å². The lowest BCUT2D eigenvalue weighted by atomic mass is 9.92. The second kappa shape index (κ2) is 31.9. The van der Waals surface area contributed by atoms with Crippen LogP contribution in [0, 0.1) is 11.8 Å². The molecule has 0 heterocycles. The standard InChI is InChI=1S/C37H74N2O2/c1-3-5-7-9-11-13-15-18-22-26-30-34(36(38)40)32-28-24-20-17-21-25-29-33-35(37(39)41)31-27-23-19-16-14-12-10-8-6-4-2/h34-35H,3-33H2,1-2H3,(H2,38,40)(H2,39,41). The van der Waals surface area contributed by atoms with Crippen LogP contribution in [0.1, 0.15) is 213 Å². The van der Waals surface area contributed by atoms with E-state index in [2.05, 4.69) is 13.8 Å². The fraction of sp³-hybridized carbons (Fsp3) is 0.946. The number of carbonyl (C=O) groups excluding carboxylic acids is 2. The molecular weight excluding hydrogens is 504 g/mol. The summed E-state index contributed by atoms with van der Waals surface area (Å²) in [6.07, 6.45) is 38.8. The summed E-state index contributed by atoms with van der Waals surface area (Å²) < 4.78 is 0. The Bertz CT molecular complexity index is 517. The van der Waals surface area contributed by atoms with Gasteiger partial charge in [-0.15, -0.1) is 0 Å². The Hall–Kier alpha value is -1.06. The molecule has 2 unspecified atom stereocenters. The number of hydrogen-bond donors (Lipinski definition) is 2. The zero-order valence-electron chi connectivity index (χ0n) is 28.0. The fourth-order valence-corrected chi connectivity index (χ4v) is 6.28. The minimum absolute atomic E-state index is 0.0744. The Kier molecular flexibility index (Phi) is 31.0. The fourth-order valence-electron chi connectivity index (χ4n) is 6.28. The normalized spacial score (nSPS) is 12.9. The maximum Gasteiger partial charge on any atom is 0.220 e. The number of rotatable bonds is 34. The van der Waals surface area contributed by atoms with E-state index < -0.39 is 0 Å². The van der Waals surface area contributed by atoms with E-state index in [1.807, 2.05) is 0 Å². The lowest BCUT2D eigenvalue weighted by Crippen LogP contribution is -2.23. The lowest BCUT2D eigenvalue weighted by Gasteiger charge is -2.14. The third-order valence-corrected chi connectivity index (χ3v) is 9.22. The van der Waals surface area contributed by atoms with Crippen LogP contribution in [-0.4, -0.2) is 11.8 Å². The minimum atomic E-state index is -0.0947. The van der Waals surface area contributed by atoms with E-state index in [-0.39, 0.29) is 23.7 Å². The van der Waals surface area contributed by atoms with Gasteiger partial charge in [0.1, 0.15) is 0 Å². The minimum Gasteiger partial charge on any atom is -0.369 e. The van der Waals surface area contributed by atoms with Crippen molar-refractivity contribution in [1.82, 2.24) is 0 Å². The van der Waals surface area contributed by atoms with Gasteiger partial charge >= 0.3 is 0 Å². The van der Waals surface area contributed by atoms with Gasteiger partial charge in [-0.25, -0.2) is 0 Å². The molecule has 244 valence electrons. The van der Waals surface area contributed by atoms with Crippen molar-refractivity contribution in [3.05, 3.63) is 0 Å². The van der Waals surface area contributed by atoms with Gasteiger partial charge in [0.05, 0.1) is 0 Å². The van der Waals surface area contributed by atoms with Crippen LogP contribution >= 0.6 is 0 Å². The molecule has 0 fully saturated rings. The molecule has 0 spiro atoms. The van der Waals surface area contributed by atoms with Crippen LogP contribution in [0.4, 0.5) is 0 Å². The molecular formula is C37H74N2O2. The predicted molar refractivity (Wildman–Crippen MR) is 180 cm³/mol. The van der Waals surface area contributed by atoms with Crippen molar-refractivity contribution >= 4 is 11.8 Å². The second-order valence-corrected chi connectivity index (χ2v) is 13.2. The zero-order chi connectivity index (χ0) is 30.2. The van der Waals surface area contributed by atoms with Crippen molar-refractivity contribution in [1.29, 1.82) is 0 Å². The highest BCUT2D eigenvalue weighted by Gasteiger charge is 2.15. The number of amides is 2. The molecule has 0 radical (unpaired) electrons. The van der Waals surface area contributed by atoms with Crippen LogP contribution in [0.25, 0.3) is 0 Å². The van der Waals surface area contributed by atoms with E-state index in [4.69, 9.17) is 11.5 Å². The van der Waals surface area contributed by atoms with Gasteiger partial charge in [-0.3, -0.25) is 9.59 Å². The Morgan fingerprint density at radius 3 is 0.683 bits per heavy atom. The van der Waals surface area contributed by atoms with Crippen molar-refractivity contribution in [3.63, 3.8) is 0 Å². The van der Waals surface area contributed by atoms with E-state index in [1.165, 1.54) is 148 Å². The number of primary amides is 2. The lowest BCUT2D eigenvalue weighted by molar-refractivity contribution is -0.123. The Morgan fingerprint density at radius 2 is 0.512 bits per heavy atom. The van der Waals surface area contributed by atoms with Crippen molar-refractivity contribution in [2.75, 3.05) is 0 Å². The Morgan fingerprint density at radius 1 is 0.341 bits per heavy atom. The molecule has 4 N–H and O–H groups in total. The van der Waals surface area contributed by atoms with Gasteiger partial charge in [0.2, 0.25) is 11.8 Å². The van der Waals surface area contributed by atoms with Crippen molar-refractivity contribution in [2.45, 2.75) is 213 Å². The maximum atomic E-state index is 11.9. The predicted octanol–water partition coefficient (Wildman–Crippen LogP) is 11.3. The van der Waals surface area contributed by atoms with Gasteiger partial charge in [-0.1, -0.05) is 187 Å². The highest BCUT2D eigenvalue weighted by molar-refractivity contribution is 5.76. The summed E-state index contributed by atoms with van der Waals surface area (Å²) in [5.74, 6) is -0.0406. The van der Waals surface area contributed by atoms with Crippen LogP contribution in [0.15, 0.2) is 0 Å². The zero-order valence-corrected chi connectivity index (χ0v) is 28.0. The van der Waals surface area contributed by atoms with Crippen LogP contribution in [0.2, 0.25) is 0 Å². The highest BCUT2D eigenvalue weighted by atomic mass is 16.1. The molecule has 4 nitrogen and oxygen atoms in total. The first-order chi connectivity index (χ1) is 20.0. The van der Waals surface area contributed by atoms with E-state index in [1.54, 1.807) is 0 Å². The molecule has 41 heavy (non-hydrogen) atoms. The summed E-state index contributed by atoms with van der Waals surface area (Å²) in [6.45, 7) is 4.54. The molecule has 0 saturated heterocycles. The first-order valence-corrected chi connectivity index (χ1v) is 18.6.